The second-order valence-electron chi connectivity index (χ2n) is 5.95. The minimum atomic E-state index is -3.96. The topological polar surface area (TPSA) is 105 Å². The number of nitrogens with one attached hydrogen (secondary N) is 1. The van der Waals surface area contributed by atoms with Crippen LogP contribution in [0.5, 0.6) is 0 Å². The molecular weight excluding hydrogens is 405 g/mol. The molecule has 0 aliphatic carbocycles. The summed E-state index contributed by atoms with van der Waals surface area (Å²) in [6, 6.07) is 5.30. The Hall–Kier alpha value is -2.76. The van der Waals surface area contributed by atoms with Crippen LogP contribution in [0.1, 0.15) is 21.1 Å². The summed E-state index contributed by atoms with van der Waals surface area (Å²) in [5.41, 5.74) is 0.874. The lowest BCUT2D eigenvalue weighted by atomic mass is 10.2. The van der Waals surface area contributed by atoms with Crippen LogP contribution in [-0.4, -0.2) is 40.1 Å². The number of halogens is 1. The zero-order chi connectivity index (χ0) is 19.7. The van der Waals surface area contributed by atoms with Crippen LogP contribution in [0.4, 0.5) is 9.52 Å². The standard InChI is InChI=1S/C17H14FN5O3S2/c18-11-3-1-2-4-15(11)28(25,26)23-8-5-12-14(10-23)27-17(21-12)22-16(24)13-9-19-6-7-20-13/h1-4,6-7,9H,5,8,10H2,(H,21,22,24). The summed E-state index contributed by atoms with van der Waals surface area (Å²) in [7, 11) is -3.96. The van der Waals surface area contributed by atoms with Gasteiger partial charge in [0.25, 0.3) is 5.91 Å². The highest BCUT2D eigenvalue weighted by Gasteiger charge is 2.32. The lowest BCUT2D eigenvalue weighted by Crippen LogP contribution is -2.35. The summed E-state index contributed by atoms with van der Waals surface area (Å²) >= 11 is 1.19. The molecule has 144 valence electrons. The van der Waals surface area contributed by atoms with Gasteiger partial charge in [-0.2, -0.15) is 4.31 Å². The van der Waals surface area contributed by atoms with Gasteiger partial charge >= 0.3 is 0 Å². The van der Waals surface area contributed by atoms with E-state index in [0.29, 0.717) is 16.4 Å². The van der Waals surface area contributed by atoms with Crippen molar-refractivity contribution in [3.8, 4) is 0 Å². The Balaban J connectivity index is 1.54. The van der Waals surface area contributed by atoms with Gasteiger partial charge in [-0.3, -0.25) is 15.1 Å². The highest BCUT2D eigenvalue weighted by molar-refractivity contribution is 7.89. The van der Waals surface area contributed by atoms with Gasteiger partial charge in [0.05, 0.1) is 18.4 Å². The van der Waals surface area contributed by atoms with Crippen LogP contribution in [0.3, 0.4) is 0 Å². The molecule has 3 aromatic rings. The Labute approximate surface area is 164 Å². The monoisotopic (exact) mass is 419 g/mol. The van der Waals surface area contributed by atoms with E-state index in [1.807, 2.05) is 0 Å². The molecule has 11 heteroatoms. The maximum absolute atomic E-state index is 14.0. The quantitative estimate of drug-likeness (QED) is 0.694. The number of carbonyl (C=O) groups excluding carboxylic acids is 1. The fourth-order valence-corrected chi connectivity index (χ4v) is 5.38. The summed E-state index contributed by atoms with van der Waals surface area (Å²) in [5, 5.41) is 3.00. The van der Waals surface area contributed by atoms with Crippen molar-refractivity contribution in [2.24, 2.45) is 0 Å². The first-order valence-corrected chi connectivity index (χ1v) is 10.5. The van der Waals surface area contributed by atoms with Crippen molar-refractivity contribution < 1.29 is 17.6 Å². The molecule has 1 aliphatic heterocycles. The second-order valence-corrected chi connectivity index (χ2v) is 8.94. The SMILES string of the molecule is O=C(Nc1nc2c(s1)CN(S(=O)(=O)c1ccccc1F)CC2)c1cnccn1. The zero-order valence-corrected chi connectivity index (χ0v) is 16.0. The molecule has 0 spiro atoms. The van der Waals surface area contributed by atoms with Crippen LogP contribution in [0.15, 0.2) is 47.8 Å². The first-order valence-electron chi connectivity index (χ1n) is 8.26. The molecule has 3 heterocycles. The van der Waals surface area contributed by atoms with Crippen molar-refractivity contribution in [2.75, 3.05) is 11.9 Å². The van der Waals surface area contributed by atoms with Crippen molar-refractivity contribution in [3.63, 3.8) is 0 Å². The van der Waals surface area contributed by atoms with E-state index in [0.717, 1.165) is 11.8 Å². The van der Waals surface area contributed by atoms with Crippen molar-refractivity contribution in [3.05, 3.63) is 64.9 Å². The number of anilines is 1. The lowest BCUT2D eigenvalue weighted by Gasteiger charge is -2.25. The van der Waals surface area contributed by atoms with Gasteiger partial charge in [0, 0.05) is 30.2 Å². The molecule has 0 atom stereocenters. The smallest absolute Gasteiger partial charge is 0.277 e. The van der Waals surface area contributed by atoms with E-state index >= 15 is 0 Å². The largest absolute Gasteiger partial charge is 0.296 e. The molecule has 1 amide bonds. The fraction of sp³-hybridized carbons (Fsp3) is 0.176. The molecule has 2 aromatic heterocycles. The molecule has 0 saturated carbocycles. The van der Waals surface area contributed by atoms with Gasteiger partial charge in [0.1, 0.15) is 16.4 Å². The molecule has 1 aliphatic rings. The van der Waals surface area contributed by atoms with Gasteiger partial charge in [-0.05, 0) is 12.1 Å². The Kier molecular flexibility index (Phi) is 4.87. The first-order chi connectivity index (χ1) is 13.4. The number of fused-ring (bicyclic) bond motifs is 1. The number of sulfonamides is 1. The maximum atomic E-state index is 14.0. The lowest BCUT2D eigenvalue weighted by molar-refractivity contribution is 0.102. The van der Waals surface area contributed by atoms with Crippen molar-refractivity contribution >= 4 is 32.4 Å². The molecule has 4 rings (SSSR count). The molecule has 8 nitrogen and oxygen atoms in total. The Morgan fingerprint density at radius 2 is 2.07 bits per heavy atom. The third-order valence-electron chi connectivity index (χ3n) is 4.17. The van der Waals surface area contributed by atoms with Crippen LogP contribution < -0.4 is 5.32 Å². The number of carbonyl (C=O) groups is 1. The van der Waals surface area contributed by atoms with Gasteiger partial charge in [-0.25, -0.2) is 22.8 Å². The van der Waals surface area contributed by atoms with Gasteiger partial charge < -0.3 is 0 Å². The third-order valence-corrected chi connectivity index (χ3v) is 7.04. The number of thiazole rings is 1. The van der Waals surface area contributed by atoms with Gasteiger partial charge in [-0.1, -0.05) is 12.1 Å². The number of hydrogen-bond acceptors (Lipinski definition) is 7. The summed E-state index contributed by atoms with van der Waals surface area (Å²) in [6.45, 7) is 0.260. The number of hydrogen-bond donors (Lipinski definition) is 1. The third kappa shape index (κ3) is 3.51. The molecule has 0 fully saturated rings. The van der Waals surface area contributed by atoms with E-state index in [2.05, 4.69) is 20.3 Å². The van der Waals surface area contributed by atoms with Gasteiger partial charge in [0.15, 0.2) is 5.13 Å². The predicted molar refractivity (Wildman–Crippen MR) is 99.8 cm³/mol. The molecule has 1 N–H and O–H groups in total. The minimum Gasteiger partial charge on any atom is -0.296 e. The van der Waals surface area contributed by atoms with Crippen molar-refractivity contribution in [2.45, 2.75) is 17.9 Å². The van der Waals surface area contributed by atoms with Crippen molar-refractivity contribution in [1.29, 1.82) is 0 Å². The molecule has 0 saturated heterocycles. The zero-order valence-electron chi connectivity index (χ0n) is 14.4. The summed E-state index contributed by atoms with van der Waals surface area (Å²) in [5.74, 6) is -1.23. The molecule has 0 radical (unpaired) electrons. The Morgan fingerprint density at radius 1 is 1.25 bits per heavy atom. The van der Waals surface area contributed by atoms with Crippen LogP contribution >= 0.6 is 11.3 Å². The Morgan fingerprint density at radius 3 is 2.82 bits per heavy atom. The predicted octanol–water partition coefficient (Wildman–Crippen LogP) is 2.07. The van der Waals surface area contributed by atoms with Crippen molar-refractivity contribution in [1.82, 2.24) is 19.3 Å². The average molecular weight is 419 g/mol. The molecule has 28 heavy (non-hydrogen) atoms. The van der Waals surface area contributed by atoms with E-state index in [1.54, 1.807) is 0 Å². The average Bonchev–Trinajstić information content (AvgIpc) is 3.10. The Bertz CT molecular complexity index is 1130. The summed E-state index contributed by atoms with van der Waals surface area (Å²) < 4.78 is 40.7. The van der Waals surface area contributed by atoms with Crippen LogP contribution in [0.25, 0.3) is 0 Å². The van der Waals surface area contributed by atoms with E-state index in [-0.39, 0.29) is 23.7 Å². The molecule has 0 unspecified atom stereocenters. The number of nitrogens with zero attached hydrogens (tertiary/aromatic N) is 4. The van der Waals surface area contributed by atoms with E-state index in [4.69, 9.17) is 0 Å². The summed E-state index contributed by atoms with van der Waals surface area (Å²) in [4.78, 5) is 24.7. The van der Waals surface area contributed by atoms with E-state index in [9.17, 15) is 17.6 Å². The minimum absolute atomic E-state index is 0.0741. The molecular formula is C17H14FN5O3S2. The maximum Gasteiger partial charge on any atom is 0.277 e. The van der Waals surface area contributed by atoms with Crippen LogP contribution in [-0.2, 0) is 23.0 Å². The highest BCUT2D eigenvalue weighted by atomic mass is 32.2. The number of amides is 1. The number of benzene rings is 1. The second kappa shape index (κ2) is 7.34. The normalized spacial score (nSPS) is 14.5. The van der Waals surface area contributed by atoms with E-state index in [1.165, 1.54) is 52.4 Å². The summed E-state index contributed by atoms with van der Waals surface area (Å²) in [6.07, 6.45) is 4.59. The van der Waals surface area contributed by atoms with Crippen LogP contribution in [0, 0.1) is 5.82 Å². The number of rotatable bonds is 4. The molecule has 1 aromatic carbocycles. The fourth-order valence-electron chi connectivity index (χ4n) is 2.80. The van der Waals surface area contributed by atoms with Crippen LogP contribution in [0.2, 0.25) is 0 Å². The highest BCUT2D eigenvalue weighted by Crippen LogP contribution is 2.31. The van der Waals surface area contributed by atoms with Gasteiger partial charge in [-0.15, -0.1) is 11.3 Å². The van der Waals surface area contributed by atoms with E-state index < -0.39 is 21.7 Å². The number of aromatic nitrogens is 3. The molecule has 0 bridgehead atoms. The first kappa shape index (κ1) is 18.6. The van der Waals surface area contributed by atoms with Gasteiger partial charge in [0.2, 0.25) is 10.0 Å².